The molecule has 1 aliphatic rings. The van der Waals surface area contributed by atoms with Crippen LogP contribution in [0, 0.1) is 0 Å². The Morgan fingerprint density at radius 1 is 1.33 bits per heavy atom. The first kappa shape index (κ1) is 10.1. The maximum atomic E-state index is 5.57. The normalized spacial score (nSPS) is 18.3. The summed E-state index contributed by atoms with van der Waals surface area (Å²) in [4.78, 5) is 0. The minimum absolute atomic E-state index is 0.262. The van der Waals surface area contributed by atoms with E-state index < -0.39 is 0 Å². The summed E-state index contributed by atoms with van der Waals surface area (Å²) in [6, 6.07) is 7.61. The van der Waals surface area contributed by atoms with Crippen LogP contribution in [-0.2, 0) is 4.74 Å². The Labute approximate surface area is 89.3 Å². The second-order valence-corrected chi connectivity index (χ2v) is 3.31. The van der Waals surface area contributed by atoms with Crippen molar-refractivity contribution in [1.82, 2.24) is 0 Å². The summed E-state index contributed by atoms with van der Waals surface area (Å²) >= 11 is 0. The van der Waals surface area contributed by atoms with Crippen LogP contribution in [0.2, 0.25) is 0 Å². The van der Waals surface area contributed by atoms with Crippen LogP contribution in [0.5, 0.6) is 11.5 Å². The predicted octanol–water partition coefficient (Wildman–Crippen LogP) is 2.03. The lowest BCUT2D eigenvalue weighted by molar-refractivity contribution is 0.248. The molecule has 1 aliphatic heterocycles. The number of ether oxygens (including phenoxy) is 3. The van der Waals surface area contributed by atoms with Crippen LogP contribution < -0.4 is 9.47 Å². The fourth-order valence-corrected chi connectivity index (χ4v) is 1.18. The van der Waals surface area contributed by atoms with Crippen LogP contribution in [-0.4, -0.2) is 25.9 Å². The highest BCUT2D eigenvalue weighted by molar-refractivity contribution is 5.39. The van der Waals surface area contributed by atoms with Crippen molar-refractivity contribution in [2.24, 2.45) is 0 Å². The molecule has 0 saturated carbocycles. The Morgan fingerprint density at radius 3 is 2.60 bits per heavy atom. The fraction of sp³-hybridized carbons (Fsp3) is 0.333. The van der Waals surface area contributed by atoms with Crippen LogP contribution in [0.1, 0.15) is 0 Å². The van der Waals surface area contributed by atoms with Crippen molar-refractivity contribution in [1.29, 1.82) is 0 Å². The van der Waals surface area contributed by atoms with Crippen molar-refractivity contribution in [3.63, 3.8) is 0 Å². The molecule has 0 spiro atoms. The van der Waals surface area contributed by atoms with Gasteiger partial charge < -0.3 is 14.2 Å². The number of hydrogen-bond acceptors (Lipinski definition) is 3. The second-order valence-electron chi connectivity index (χ2n) is 3.31. The van der Waals surface area contributed by atoms with E-state index in [0.717, 1.165) is 18.1 Å². The van der Waals surface area contributed by atoms with Gasteiger partial charge in [0.25, 0.3) is 0 Å². The van der Waals surface area contributed by atoms with Gasteiger partial charge in [0.2, 0.25) is 0 Å². The molecule has 80 valence electrons. The summed E-state index contributed by atoms with van der Waals surface area (Å²) in [5, 5.41) is 0. The standard InChI is InChI=1S/C12H14O3/c1-2-7-13-11-5-3-4-6-12(11)15-9-10-8-14-10/h2-6,10H,1,7-9H2/t10-/m1/s1. The molecule has 0 aromatic heterocycles. The molecule has 0 N–H and O–H groups in total. The molecule has 1 aromatic rings. The highest BCUT2D eigenvalue weighted by Gasteiger charge is 2.23. The van der Waals surface area contributed by atoms with E-state index in [1.165, 1.54) is 0 Å². The zero-order chi connectivity index (χ0) is 10.5. The van der Waals surface area contributed by atoms with E-state index in [1.807, 2.05) is 24.3 Å². The Bertz CT molecular complexity index is 331. The SMILES string of the molecule is C=CCOc1ccccc1OC[C@H]1CO1. The molecule has 0 bridgehead atoms. The number of para-hydroxylation sites is 2. The largest absolute Gasteiger partial charge is 0.487 e. The van der Waals surface area contributed by atoms with Crippen LogP contribution in [0.4, 0.5) is 0 Å². The van der Waals surface area contributed by atoms with Crippen molar-refractivity contribution in [3.8, 4) is 11.5 Å². The van der Waals surface area contributed by atoms with Gasteiger partial charge >= 0.3 is 0 Å². The molecule has 3 nitrogen and oxygen atoms in total. The topological polar surface area (TPSA) is 31.0 Å². The molecule has 15 heavy (non-hydrogen) atoms. The molecule has 1 saturated heterocycles. The number of rotatable bonds is 6. The summed E-state index contributed by atoms with van der Waals surface area (Å²) in [5.74, 6) is 1.51. The monoisotopic (exact) mass is 206 g/mol. The summed E-state index contributed by atoms with van der Waals surface area (Å²) in [7, 11) is 0. The quantitative estimate of drug-likeness (QED) is 0.527. The van der Waals surface area contributed by atoms with Crippen LogP contribution in [0.25, 0.3) is 0 Å². The molecule has 1 aromatic carbocycles. The van der Waals surface area contributed by atoms with Gasteiger partial charge in [0, 0.05) is 0 Å². The van der Waals surface area contributed by atoms with Gasteiger partial charge in [0.15, 0.2) is 11.5 Å². The van der Waals surface area contributed by atoms with E-state index in [1.54, 1.807) is 6.08 Å². The summed E-state index contributed by atoms with van der Waals surface area (Å²) in [5.41, 5.74) is 0. The Morgan fingerprint density at radius 2 is 2.00 bits per heavy atom. The van der Waals surface area contributed by atoms with Gasteiger partial charge in [-0.3, -0.25) is 0 Å². The van der Waals surface area contributed by atoms with E-state index in [2.05, 4.69) is 6.58 Å². The molecule has 0 amide bonds. The summed E-state index contributed by atoms with van der Waals surface area (Å²) < 4.78 is 16.1. The van der Waals surface area contributed by atoms with Crippen molar-refractivity contribution >= 4 is 0 Å². The van der Waals surface area contributed by atoms with E-state index in [4.69, 9.17) is 14.2 Å². The van der Waals surface area contributed by atoms with E-state index in [0.29, 0.717) is 13.2 Å². The molecule has 0 aliphatic carbocycles. The first-order valence-corrected chi connectivity index (χ1v) is 4.97. The molecular weight excluding hydrogens is 192 g/mol. The van der Waals surface area contributed by atoms with Crippen molar-refractivity contribution in [2.45, 2.75) is 6.10 Å². The fourth-order valence-electron chi connectivity index (χ4n) is 1.18. The average molecular weight is 206 g/mol. The van der Waals surface area contributed by atoms with Gasteiger partial charge in [-0.15, -0.1) is 0 Å². The lowest BCUT2D eigenvalue weighted by Crippen LogP contribution is -2.05. The van der Waals surface area contributed by atoms with Gasteiger partial charge in [-0.1, -0.05) is 24.8 Å². The van der Waals surface area contributed by atoms with Gasteiger partial charge in [0.1, 0.15) is 19.3 Å². The molecule has 1 heterocycles. The first-order chi connectivity index (χ1) is 7.40. The molecule has 3 heteroatoms. The van der Waals surface area contributed by atoms with Crippen LogP contribution in [0.15, 0.2) is 36.9 Å². The molecule has 1 atom stereocenters. The lowest BCUT2D eigenvalue weighted by atomic mass is 10.3. The third-order valence-corrected chi connectivity index (χ3v) is 2.03. The van der Waals surface area contributed by atoms with E-state index in [9.17, 15) is 0 Å². The van der Waals surface area contributed by atoms with E-state index in [-0.39, 0.29) is 6.10 Å². The highest BCUT2D eigenvalue weighted by atomic mass is 16.6. The third kappa shape index (κ3) is 2.99. The predicted molar refractivity (Wildman–Crippen MR) is 57.4 cm³/mol. The molecule has 0 unspecified atom stereocenters. The maximum Gasteiger partial charge on any atom is 0.161 e. The summed E-state index contributed by atoms with van der Waals surface area (Å²) in [6.07, 6.45) is 1.97. The van der Waals surface area contributed by atoms with Gasteiger partial charge in [-0.05, 0) is 12.1 Å². The Balaban J connectivity index is 1.95. The highest BCUT2D eigenvalue weighted by Crippen LogP contribution is 2.27. The van der Waals surface area contributed by atoms with Gasteiger partial charge in [-0.25, -0.2) is 0 Å². The summed E-state index contributed by atoms with van der Waals surface area (Å²) in [6.45, 7) is 5.48. The average Bonchev–Trinajstić information content (AvgIpc) is 3.08. The molecule has 0 radical (unpaired) electrons. The number of epoxide rings is 1. The van der Waals surface area contributed by atoms with E-state index >= 15 is 0 Å². The van der Waals surface area contributed by atoms with Crippen LogP contribution >= 0.6 is 0 Å². The minimum atomic E-state index is 0.262. The van der Waals surface area contributed by atoms with Gasteiger partial charge in [0.05, 0.1) is 6.61 Å². The number of benzene rings is 1. The Hall–Kier alpha value is -1.48. The van der Waals surface area contributed by atoms with Crippen molar-refractivity contribution < 1.29 is 14.2 Å². The zero-order valence-electron chi connectivity index (χ0n) is 8.52. The molecule has 2 rings (SSSR count). The second kappa shape index (κ2) is 4.84. The Kier molecular flexibility index (Phi) is 3.25. The van der Waals surface area contributed by atoms with Crippen LogP contribution in [0.3, 0.4) is 0 Å². The minimum Gasteiger partial charge on any atom is -0.487 e. The number of hydrogen-bond donors (Lipinski definition) is 0. The lowest BCUT2D eigenvalue weighted by Gasteiger charge is -2.10. The smallest absolute Gasteiger partial charge is 0.161 e. The van der Waals surface area contributed by atoms with Gasteiger partial charge in [-0.2, -0.15) is 0 Å². The van der Waals surface area contributed by atoms with Crippen molar-refractivity contribution in [3.05, 3.63) is 36.9 Å². The zero-order valence-corrected chi connectivity index (χ0v) is 8.52. The molecule has 1 fully saturated rings. The third-order valence-electron chi connectivity index (χ3n) is 2.03. The maximum absolute atomic E-state index is 5.57. The first-order valence-electron chi connectivity index (χ1n) is 4.97. The molecular formula is C12H14O3. The van der Waals surface area contributed by atoms with Crippen molar-refractivity contribution in [2.75, 3.05) is 19.8 Å².